The predicted octanol–water partition coefficient (Wildman–Crippen LogP) is -0.530. The maximum absolute atomic E-state index is 11.5. The van der Waals surface area contributed by atoms with Crippen molar-refractivity contribution in [1.82, 2.24) is 15.3 Å². The third-order valence-electron chi connectivity index (χ3n) is 2.12. The van der Waals surface area contributed by atoms with E-state index in [1.807, 2.05) is 6.92 Å². The molecule has 0 saturated carbocycles. The molecule has 1 rings (SSSR count). The zero-order chi connectivity index (χ0) is 10.7. The van der Waals surface area contributed by atoms with Gasteiger partial charge in [0.15, 0.2) is 6.17 Å². The molecular formula is C8H16N4O2. The molecule has 1 aliphatic rings. The van der Waals surface area contributed by atoms with Crippen LogP contribution in [0, 0.1) is 0 Å². The average molecular weight is 200 g/mol. The molecule has 1 aliphatic heterocycles. The van der Waals surface area contributed by atoms with Crippen molar-refractivity contribution in [1.29, 1.82) is 0 Å². The molecule has 0 radical (unpaired) electrons. The molecule has 1 saturated heterocycles. The minimum atomic E-state index is -0.811. The zero-order valence-corrected chi connectivity index (χ0v) is 8.49. The van der Waals surface area contributed by atoms with Gasteiger partial charge in [-0.15, -0.1) is 0 Å². The van der Waals surface area contributed by atoms with E-state index in [1.54, 1.807) is 7.05 Å². The van der Waals surface area contributed by atoms with E-state index in [2.05, 4.69) is 5.43 Å². The number of hydrazine groups is 1. The number of nitrogens with one attached hydrogen (secondary N) is 1. The fourth-order valence-corrected chi connectivity index (χ4v) is 1.28. The normalized spacial score (nSPS) is 23.2. The molecule has 3 amide bonds. The van der Waals surface area contributed by atoms with Gasteiger partial charge in [-0.05, 0) is 6.42 Å². The summed E-state index contributed by atoms with van der Waals surface area (Å²) in [4.78, 5) is 24.2. The van der Waals surface area contributed by atoms with Gasteiger partial charge in [0.1, 0.15) is 0 Å². The van der Waals surface area contributed by atoms with E-state index in [1.165, 1.54) is 9.91 Å². The van der Waals surface area contributed by atoms with Crippen LogP contribution < -0.4 is 11.2 Å². The van der Waals surface area contributed by atoms with Crippen molar-refractivity contribution >= 4 is 11.9 Å². The van der Waals surface area contributed by atoms with Gasteiger partial charge in [-0.25, -0.2) is 10.2 Å². The number of nitrogens with two attached hydrogens (primary N) is 1. The molecule has 6 nitrogen and oxygen atoms in total. The molecule has 0 spiro atoms. The number of imide groups is 1. The van der Waals surface area contributed by atoms with Gasteiger partial charge in [-0.2, -0.15) is 0 Å². The van der Waals surface area contributed by atoms with Crippen LogP contribution >= 0.6 is 0 Å². The van der Waals surface area contributed by atoms with E-state index in [0.717, 1.165) is 12.8 Å². The highest BCUT2D eigenvalue weighted by molar-refractivity contribution is 5.98. The minimum absolute atomic E-state index is 0.342. The number of unbranched alkanes of at least 4 members (excludes halogenated alkanes) is 1. The number of amides is 3. The molecule has 0 aromatic rings. The van der Waals surface area contributed by atoms with Gasteiger partial charge in [-0.1, -0.05) is 13.3 Å². The van der Waals surface area contributed by atoms with Crippen LogP contribution in [0.1, 0.15) is 19.8 Å². The SMILES string of the molecule is CCCCN1C(=O)C(N)NN(C)C1=O. The number of hydrogen-bond donors (Lipinski definition) is 2. The first-order valence-corrected chi connectivity index (χ1v) is 4.68. The molecule has 0 aromatic carbocycles. The first kappa shape index (κ1) is 10.9. The van der Waals surface area contributed by atoms with Crippen LogP contribution in [0.5, 0.6) is 0 Å². The number of carbonyl (C=O) groups is 2. The van der Waals surface area contributed by atoms with Crippen LogP contribution in [-0.4, -0.2) is 41.6 Å². The van der Waals surface area contributed by atoms with Crippen molar-refractivity contribution < 1.29 is 9.59 Å². The fourth-order valence-electron chi connectivity index (χ4n) is 1.28. The molecular weight excluding hydrogens is 184 g/mol. The molecule has 0 aliphatic carbocycles. The van der Waals surface area contributed by atoms with E-state index in [-0.39, 0.29) is 11.9 Å². The third-order valence-corrected chi connectivity index (χ3v) is 2.12. The van der Waals surface area contributed by atoms with E-state index in [9.17, 15) is 9.59 Å². The Bertz CT molecular complexity index is 223. The van der Waals surface area contributed by atoms with Crippen molar-refractivity contribution in [2.75, 3.05) is 13.6 Å². The van der Waals surface area contributed by atoms with Crippen molar-refractivity contribution in [3.63, 3.8) is 0 Å². The van der Waals surface area contributed by atoms with Gasteiger partial charge >= 0.3 is 6.03 Å². The van der Waals surface area contributed by atoms with Crippen LogP contribution in [0.2, 0.25) is 0 Å². The smallest absolute Gasteiger partial charge is 0.307 e. The second-order valence-electron chi connectivity index (χ2n) is 3.29. The van der Waals surface area contributed by atoms with Crippen LogP contribution in [0.15, 0.2) is 0 Å². The Labute approximate surface area is 83.0 Å². The number of urea groups is 1. The quantitative estimate of drug-likeness (QED) is 0.642. The first-order chi connectivity index (χ1) is 6.57. The van der Waals surface area contributed by atoms with Crippen LogP contribution in [-0.2, 0) is 4.79 Å². The summed E-state index contributed by atoms with van der Waals surface area (Å²) in [5.74, 6) is -0.360. The van der Waals surface area contributed by atoms with Crippen LogP contribution in [0.4, 0.5) is 4.79 Å². The summed E-state index contributed by atoms with van der Waals surface area (Å²) >= 11 is 0. The Morgan fingerprint density at radius 2 is 2.14 bits per heavy atom. The first-order valence-electron chi connectivity index (χ1n) is 4.68. The molecule has 1 fully saturated rings. The third kappa shape index (κ3) is 2.02. The van der Waals surface area contributed by atoms with E-state index in [4.69, 9.17) is 5.73 Å². The number of hydrogen-bond acceptors (Lipinski definition) is 4. The van der Waals surface area contributed by atoms with Gasteiger partial charge in [-0.3, -0.25) is 14.7 Å². The Balaban J connectivity index is 2.67. The lowest BCUT2D eigenvalue weighted by atomic mass is 10.3. The summed E-state index contributed by atoms with van der Waals surface area (Å²) in [5.41, 5.74) is 8.05. The van der Waals surface area contributed by atoms with Gasteiger partial charge < -0.3 is 5.73 Å². The molecule has 1 unspecified atom stereocenters. The second kappa shape index (κ2) is 4.39. The monoisotopic (exact) mass is 200 g/mol. The summed E-state index contributed by atoms with van der Waals surface area (Å²) in [5, 5.41) is 1.24. The Hall–Kier alpha value is -1.14. The molecule has 14 heavy (non-hydrogen) atoms. The fraction of sp³-hybridized carbons (Fsp3) is 0.750. The molecule has 0 bridgehead atoms. The molecule has 3 N–H and O–H groups in total. The highest BCUT2D eigenvalue weighted by Gasteiger charge is 2.34. The summed E-state index contributed by atoms with van der Waals surface area (Å²) < 4.78 is 0. The molecule has 1 heterocycles. The van der Waals surface area contributed by atoms with Crippen LogP contribution in [0.3, 0.4) is 0 Å². The lowest BCUT2D eigenvalue weighted by Crippen LogP contribution is -2.67. The number of carbonyl (C=O) groups excluding carboxylic acids is 2. The van der Waals surface area contributed by atoms with E-state index < -0.39 is 6.17 Å². The maximum atomic E-state index is 11.5. The van der Waals surface area contributed by atoms with E-state index in [0.29, 0.717) is 6.54 Å². The molecule has 0 aromatic heterocycles. The Morgan fingerprint density at radius 3 is 2.71 bits per heavy atom. The van der Waals surface area contributed by atoms with Crippen molar-refractivity contribution in [2.24, 2.45) is 5.73 Å². The van der Waals surface area contributed by atoms with Gasteiger partial charge in [0.25, 0.3) is 5.91 Å². The highest BCUT2D eigenvalue weighted by Crippen LogP contribution is 2.05. The summed E-state index contributed by atoms with van der Waals surface area (Å²) in [7, 11) is 1.55. The molecule has 80 valence electrons. The highest BCUT2D eigenvalue weighted by atomic mass is 16.2. The van der Waals surface area contributed by atoms with Gasteiger partial charge in [0.2, 0.25) is 0 Å². The molecule has 6 heteroatoms. The summed E-state index contributed by atoms with van der Waals surface area (Å²) in [6, 6.07) is -0.342. The topological polar surface area (TPSA) is 78.7 Å². The Morgan fingerprint density at radius 1 is 1.50 bits per heavy atom. The predicted molar refractivity (Wildman–Crippen MR) is 50.9 cm³/mol. The number of nitrogens with zero attached hydrogens (tertiary/aromatic N) is 2. The Kier molecular flexibility index (Phi) is 3.43. The van der Waals surface area contributed by atoms with Crippen molar-refractivity contribution in [3.05, 3.63) is 0 Å². The second-order valence-corrected chi connectivity index (χ2v) is 3.29. The standard InChI is InChI=1S/C8H16N4O2/c1-3-4-5-12-7(13)6(9)10-11(2)8(12)14/h6,10H,3-5,9H2,1-2H3. The van der Waals surface area contributed by atoms with Crippen LogP contribution in [0.25, 0.3) is 0 Å². The van der Waals surface area contributed by atoms with E-state index >= 15 is 0 Å². The summed E-state index contributed by atoms with van der Waals surface area (Å²) in [6.07, 6.45) is 0.927. The van der Waals surface area contributed by atoms with Crippen molar-refractivity contribution in [2.45, 2.75) is 25.9 Å². The van der Waals surface area contributed by atoms with Crippen molar-refractivity contribution in [3.8, 4) is 0 Å². The molecule has 1 atom stereocenters. The zero-order valence-electron chi connectivity index (χ0n) is 8.49. The summed E-state index contributed by atoms with van der Waals surface area (Å²) in [6.45, 7) is 2.44. The minimum Gasteiger partial charge on any atom is -0.307 e. The van der Waals surface area contributed by atoms with Gasteiger partial charge in [0.05, 0.1) is 0 Å². The maximum Gasteiger partial charge on any atom is 0.340 e. The lowest BCUT2D eigenvalue weighted by Gasteiger charge is -2.35. The average Bonchev–Trinajstić information content (AvgIpc) is 2.15. The van der Waals surface area contributed by atoms with Gasteiger partial charge in [0, 0.05) is 13.6 Å². The number of rotatable bonds is 3. The lowest BCUT2D eigenvalue weighted by molar-refractivity contribution is -0.135. The largest absolute Gasteiger partial charge is 0.340 e.